The molecule has 0 unspecified atom stereocenters. The Morgan fingerprint density at radius 2 is 1.84 bits per heavy atom. The van der Waals surface area contributed by atoms with Crippen LogP contribution in [0.5, 0.6) is 0 Å². The highest BCUT2D eigenvalue weighted by molar-refractivity contribution is 5.95. The van der Waals surface area contributed by atoms with E-state index in [0.29, 0.717) is 32.0 Å². The summed E-state index contributed by atoms with van der Waals surface area (Å²) in [7, 11) is 0. The van der Waals surface area contributed by atoms with Gasteiger partial charge in [0.05, 0.1) is 12.1 Å². The van der Waals surface area contributed by atoms with E-state index in [4.69, 9.17) is 9.73 Å². The first-order chi connectivity index (χ1) is 15.6. The molecule has 0 aromatic heterocycles. The number of benzene rings is 1. The van der Waals surface area contributed by atoms with Gasteiger partial charge in [-0.1, -0.05) is 6.07 Å². The normalized spacial score (nSPS) is 17.6. The summed E-state index contributed by atoms with van der Waals surface area (Å²) < 4.78 is 5.40. The maximum absolute atomic E-state index is 12.5. The molecular weight excluding hydrogens is 410 g/mol. The fraction of sp³-hybridized carbons (Fsp3) is 0.609. The van der Waals surface area contributed by atoms with Gasteiger partial charge >= 0.3 is 5.97 Å². The summed E-state index contributed by atoms with van der Waals surface area (Å²) in [6.07, 6.45) is 3.03. The van der Waals surface area contributed by atoms with Crippen molar-refractivity contribution in [3.63, 3.8) is 0 Å². The van der Waals surface area contributed by atoms with Gasteiger partial charge in [-0.25, -0.2) is 4.79 Å². The molecule has 2 aliphatic rings. The van der Waals surface area contributed by atoms with Crippen molar-refractivity contribution in [1.29, 1.82) is 0 Å². The summed E-state index contributed by atoms with van der Waals surface area (Å²) in [5.41, 5.74) is 0.927. The number of nitrogens with one attached hydrogen (secondary N) is 1. The Bertz CT molecular complexity index is 786. The van der Waals surface area contributed by atoms with Crippen molar-refractivity contribution in [2.24, 2.45) is 4.99 Å². The predicted molar refractivity (Wildman–Crippen MR) is 124 cm³/mol. The van der Waals surface area contributed by atoms with Crippen LogP contribution in [0.4, 0.5) is 5.69 Å². The number of rotatable bonds is 9. The number of carboxylic acid groups (broad SMARTS) is 1. The third-order valence-electron chi connectivity index (χ3n) is 5.77. The number of hydrogen-bond acceptors (Lipinski definition) is 5. The maximum atomic E-state index is 12.5. The lowest BCUT2D eigenvalue weighted by Gasteiger charge is -2.36. The van der Waals surface area contributed by atoms with E-state index in [-0.39, 0.29) is 11.5 Å². The molecule has 9 heteroatoms. The van der Waals surface area contributed by atoms with E-state index in [1.807, 2.05) is 17.9 Å². The summed E-state index contributed by atoms with van der Waals surface area (Å²) in [6.45, 7) is 9.27. The van der Waals surface area contributed by atoms with Crippen LogP contribution in [0, 0.1) is 0 Å². The number of ether oxygens (including phenoxy) is 1. The minimum atomic E-state index is -0.958. The molecule has 2 fully saturated rings. The van der Waals surface area contributed by atoms with Crippen molar-refractivity contribution in [2.75, 3.05) is 70.9 Å². The van der Waals surface area contributed by atoms with Gasteiger partial charge in [0.25, 0.3) is 0 Å². The van der Waals surface area contributed by atoms with Crippen LogP contribution >= 0.6 is 0 Å². The molecule has 0 saturated carbocycles. The highest BCUT2D eigenvalue weighted by Crippen LogP contribution is 2.14. The number of aliphatic imine (C=N–C) groups is 1. The van der Waals surface area contributed by atoms with Gasteiger partial charge in [0.2, 0.25) is 5.91 Å². The molecule has 176 valence electrons. The van der Waals surface area contributed by atoms with Gasteiger partial charge in [0.1, 0.15) is 0 Å². The molecule has 1 aromatic carbocycles. The fourth-order valence-electron chi connectivity index (χ4n) is 3.95. The summed E-state index contributed by atoms with van der Waals surface area (Å²) in [5.74, 6) is -0.000862. The molecule has 0 spiro atoms. The van der Waals surface area contributed by atoms with Gasteiger partial charge in [-0.3, -0.25) is 14.7 Å². The van der Waals surface area contributed by atoms with Crippen molar-refractivity contribution in [3.8, 4) is 0 Å². The molecule has 2 aliphatic heterocycles. The molecular formula is C23H35N5O4. The van der Waals surface area contributed by atoms with E-state index < -0.39 is 5.97 Å². The molecule has 0 bridgehead atoms. The van der Waals surface area contributed by atoms with Gasteiger partial charge < -0.3 is 25.0 Å². The first kappa shape index (κ1) is 24.0. The smallest absolute Gasteiger partial charge is 0.335 e. The molecule has 0 radical (unpaired) electrons. The van der Waals surface area contributed by atoms with Crippen LogP contribution in [0.1, 0.15) is 36.5 Å². The van der Waals surface area contributed by atoms with Gasteiger partial charge in [-0.15, -0.1) is 0 Å². The monoisotopic (exact) mass is 445 g/mol. The van der Waals surface area contributed by atoms with Crippen LogP contribution in [-0.2, 0) is 9.53 Å². The van der Waals surface area contributed by atoms with Crippen LogP contribution < -0.4 is 5.32 Å². The molecule has 3 rings (SSSR count). The quantitative estimate of drug-likeness (QED) is 0.340. The molecule has 0 atom stereocenters. The largest absolute Gasteiger partial charge is 0.478 e. The lowest BCUT2D eigenvalue weighted by molar-refractivity contribution is -0.131. The number of amides is 1. The van der Waals surface area contributed by atoms with Crippen molar-refractivity contribution in [3.05, 3.63) is 29.8 Å². The average Bonchev–Trinajstić information content (AvgIpc) is 3.34. The van der Waals surface area contributed by atoms with Crippen LogP contribution in [0.2, 0.25) is 0 Å². The topological polar surface area (TPSA) is 97.7 Å². The Balaban J connectivity index is 1.59. The van der Waals surface area contributed by atoms with E-state index in [2.05, 4.69) is 15.1 Å². The summed E-state index contributed by atoms with van der Waals surface area (Å²) >= 11 is 0. The number of piperazine rings is 1. The molecule has 1 aromatic rings. The number of carbonyl (C=O) groups is 2. The Morgan fingerprint density at radius 1 is 1.09 bits per heavy atom. The number of likely N-dealkylation sites (tertiary alicyclic amines) is 1. The van der Waals surface area contributed by atoms with Crippen molar-refractivity contribution in [1.82, 2.24) is 14.7 Å². The first-order valence-corrected chi connectivity index (χ1v) is 11.5. The van der Waals surface area contributed by atoms with Crippen LogP contribution in [0.15, 0.2) is 29.3 Å². The first-order valence-electron chi connectivity index (χ1n) is 11.5. The van der Waals surface area contributed by atoms with E-state index in [0.717, 1.165) is 64.5 Å². The number of guanidine groups is 1. The van der Waals surface area contributed by atoms with Gasteiger partial charge in [0.15, 0.2) is 5.96 Å². The Hall–Kier alpha value is -2.65. The van der Waals surface area contributed by atoms with Gasteiger partial charge in [-0.05, 0) is 44.4 Å². The van der Waals surface area contributed by atoms with E-state index in [9.17, 15) is 14.7 Å². The van der Waals surface area contributed by atoms with E-state index in [1.165, 1.54) is 0 Å². The van der Waals surface area contributed by atoms with Crippen LogP contribution in [-0.4, -0.2) is 103 Å². The van der Waals surface area contributed by atoms with Crippen molar-refractivity contribution < 1.29 is 19.4 Å². The Kier molecular flexibility index (Phi) is 9.30. The molecule has 2 saturated heterocycles. The summed E-state index contributed by atoms with van der Waals surface area (Å²) in [6, 6.07) is 6.75. The minimum Gasteiger partial charge on any atom is -0.478 e. The lowest BCUT2D eigenvalue weighted by Crippen LogP contribution is -2.52. The molecule has 0 aliphatic carbocycles. The number of hydrogen-bond donors (Lipinski definition) is 2. The average molecular weight is 446 g/mol. The number of nitrogens with zero attached hydrogens (tertiary/aromatic N) is 4. The molecule has 9 nitrogen and oxygen atoms in total. The fourth-order valence-corrected chi connectivity index (χ4v) is 3.95. The Morgan fingerprint density at radius 3 is 2.53 bits per heavy atom. The number of carboxylic acids is 1. The van der Waals surface area contributed by atoms with E-state index >= 15 is 0 Å². The molecule has 1 amide bonds. The number of aromatic carboxylic acids is 1. The Labute approximate surface area is 190 Å². The standard InChI is InChI=1S/C23H35N5O4/c1-2-32-16-6-9-24-23(25-20-8-5-7-19(17-20)22(30)31)28-14-12-26(13-15-28)18-21(29)27-10-3-4-11-27/h5,7-8,17H,2-4,6,9-16,18H2,1H3,(H,24,25)(H,30,31). The highest BCUT2D eigenvalue weighted by atomic mass is 16.5. The minimum absolute atomic E-state index is 0.226. The highest BCUT2D eigenvalue weighted by Gasteiger charge is 2.24. The summed E-state index contributed by atoms with van der Waals surface area (Å²) in [5, 5.41) is 12.6. The molecule has 32 heavy (non-hydrogen) atoms. The third-order valence-corrected chi connectivity index (χ3v) is 5.77. The van der Waals surface area contributed by atoms with Crippen molar-refractivity contribution >= 4 is 23.5 Å². The zero-order valence-electron chi connectivity index (χ0n) is 19.0. The predicted octanol–water partition coefficient (Wildman–Crippen LogP) is 1.82. The van der Waals surface area contributed by atoms with Gasteiger partial charge in [0, 0.05) is 64.7 Å². The zero-order valence-corrected chi connectivity index (χ0v) is 19.0. The molecule has 2 N–H and O–H groups in total. The second kappa shape index (κ2) is 12.4. The van der Waals surface area contributed by atoms with Crippen LogP contribution in [0.25, 0.3) is 0 Å². The SMILES string of the molecule is CCOCCCN=C(Nc1cccc(C(=O)O)c1)N1CCN(CC(=O)N2CCCC2)CC1. The van der Waals surface area contributed by atoms with Crippen molar-refractivity contribution in [2.45, 2.75) is 26.2 Å². The lowest BCUT2D eigenvalue weighted by atomic mass is 10.2. The molecule has 2 heterocycles. The third kappa shape index (κ3) is 7.20. The summed E-state index contributed by atoms with van der Waals surface area (Å²) in [4.78, 5) is 34.9. The number of anilines is 1. The zero-order chi connectivity index (χ0) is 22.8. The van der Waals surface area contributed by atoms with E-state index in [1.54, 1.807) is 18.2 Å². The number of carbonyl (C=O) groups excluding carboxylic acids is 1. The second-order valence-electron chi connectivity index (χ2n) is 8.12. The maximum Gasteiger partial charge on any atom is 0.335 e. The second-order valence-corrected chi connectivity index (χ2v) is 8.12. The van der Waals surface area contributed by atoms with Gasteiger partial charge in [-0.2, -0.15) is 0 Å². The van der Waals surface area contributed by atoms with Crippen LogP contribution in [0.3, 0.4) is 0 Å².